The smallest absolute Gasteiger partial charge is 0.250 e. The monoisotopic (exact) mass is 487 g/mol. The fraction of sp³-hybridized carbons (Fsp3) is 0.0385. The Hall–Kier alpha value is -3.87. The van der Waals surface area contributed by atoms with Crippen LogP contribution in [0.1, 0.15) is 22.7 Å². The van der Waals surface area contributed by atoms with Crippen LogP contribution in [0.2, 0.25) is 10.0 Å². The minimum atomic E-state index is -0.359. The summed E-state index contributed by atoms with van der Waals surface area (Å²) in [4.78, 5) is 17.0. The summed E-state index contributed by atoms with van der Waals surface area (Å²) in [6, 6.07) is 24.6. The van der Waals surface area contributed by atoms with Crippen molar-refractivity contribution in [1.82, 2.24) is 14.8 Å². The van der Waals surface area contributed by atoms with Gasteiger partial charge in [-0.15, -0.1) is 5.10 Å². The van der Waals surface area contributed by atoms with Gasteiger partial charge in [-0.1, -0.05) is 83.9 Å². The Balaban J connectivity index is 1.43. The fourth-order valence-electron chi connectivity index (χ4n) is 3.66. The number of nitrogens with one attached hydrogen (secondary N) is 2. The van der Waals surface area contributed by atoms with Crippen LogP contribution in [0.25, 0.3) is 11.8 Å². The summed E-state index contributed by atoms with van der Waals surface area (Å²) in [6.07, 6.45) is 5.12. The molecule has 34 heavy (non-hydrogen) atoms. The lowest BCUT2D eigenvalue weighted by atomic mass is 10.0. The minimum Gasteiger partial charge on any atom is -0.324 e. The second-order valence-corrected chi connectivity index (χ2v) is 8.46. The average Bonchev–Trinajstić information content (AvgIpc) is 3.26. The highest BCUT2D eigenvalue weighted by molar-refractivity contribution is 6.32. The number of benzene rings is 3. The van der Waals surface area contributed by atoms with Crippen LogP contribution in [0, 0.1) is 0 Å². The topological polar surface area (TPSA) is 71.8 Å². The molecule has 1 amide bonds. The third-order valence-electron chi connectivity index (χ3n) is 5.32. The molecule has 8 heteroatoms. The van der Waals surface area contributed by atoms with Crippen LogP contribution >= 0.6 is 23.2 Å². The van der Waals surface area contributed by atoms with Gasteiger partial charge >= 0.3 is 0 Å². The van der Waals surface area contributed by atoms with Gasteiger partial charge < -0.3 is 5.32 Å². The molecule has 0 radical (unpaired) electrons. The molecule has 0 spiro atoms. The molecule has 168 valence electrons. The first-order valence-electron chi connectivity index (χ1n) is 10.6. The third-order valence-corrected chi connectivity index (χ3v) is 5.91. The number of rotatable bonds is 5. The summed E-state index contributed by atoms with van der Waals surface area (Å²) in [5.41, 5.74) is 3.65. The Labute approximate surface area is 206 Å². The first kappa shape index (κ1) is 21.9. The van der Waals surface area contributed by atoms with E-state index in [0.29, 0.717) is 16.0 Å². The number of anilines is 2. The van der Waals surface area contributed by atoms with Crippen molar-refractivity contribution >= 4 is 52.8 Å². The van der Waals surface area contributed by atoms with Gasteiger partial charge in [-0.25, -0.2) is 4.68 Å². The number of allylic oxidation sites excluding steroid dienone is 1. The second-order valence-electron chi connectivity index (χ2n) is 7.62. The predicted octanol–water partition coefficient (Wildman–Crippen LogP) is 6.29. The molecule has 1 atom stereocenters. The van der Waals surface area contributed by atoms with E-state index in [-0.39, 0.29) is 17.9 Å². The van der Waals surface area contributed by atoms with Crippen molar-refractivity contribution < 1.29 is 4.79 Å². The normalized spacial score (nSPS) is 14.9. The molecular weight excluding hydrogens is 469 g/mol. The van der Waals surface area contributed by atoms with Crippen LogP contribution in [0.5, 0.6) is 0 Å². The van der Waals surface area contributed by atoms with E-state index in [2.05, 4.69) is 26.8 Å². The number of amides is 1. The number of hydrogen-bond donors (Lipinski definition) is 2. The predicted molar refractivity (Wildman–Crippen MR) is 137 cm³/mol. The zero-order chi connectivity index (χ0) is 23.5. The number of aromatic nitrogens is 3. The van der Waals surface area contributed by atoms with Crippen LogP contribution in [0.15, 0.2) is 91.0 Å². The van der Waals surface area contributed by atoms with Crippen molar-refractivity contribution in [2.45, 2.75) is 6.04 Å². The molecule has 0 unspecified atom stereocenters. The van der Waals surface area contributed by atoms with Gasteiger partial charge in [0.25, 0.3) is 11.9 Å². The molecular formula is C26H19Cl2N5O. The van der Waals surface area contributed by atoms with Gasteiger partial charge in [0.15, 0.2) is 0 Å². The maximum atomic E-state index is 12.5. The Morgan fingerprint density at radius 2 is 1.71 bits per heavy atom. The van der Waals surface area contributed by atoms with Crippen molar-refractivity contribution in [3.8, 4) is 0 Å². The van der Waals surface area contributed by atoms with Gasteiger partial charge in [0, 0.05) is 21.8 Å². The van der Waals surface area contributed by atoms with Gasteiger partial charge in [-0.3, -0.25) is 10.1 Å². The molecule has 0 aliphatic carbocycles. The fourth-order valence-corrected chi connectivity index (χ4v) is 3.98. The third kappa shape index (κ3) is 4.73. The van der Waals surface area contributed by atoms with Crippen LogP contribution in [0.4, 0.5) is 11.9 Å². The van der Waals surface area contributed by atoms with Crippen LogP contribution in [-0.4, -0.2) is 20.7 Å². The number of halogens is 2. The van der Waals surface area contributed by atoms with Crippen LogP contribution in [-0.2, 0) is 4.79 Å². The first-order chi connectivity index (χ1) is 16.6. The minimum absolute atomic E-state index is 0.193. The number of hydrogen-bond acceptors (Lipinski definition) is 4. The van der Waals surface area contributed by atoms with Crippen molar-refractivity contribution in [3.05, 3.63) is 118 Å². The van der Waals surface area contributed by atoms with Gasteiger partial charge in [0.1, 0.15) is 6.04 Å². The maximum Gasteiger partial charge on any atom is 0.250 e. The molecule has 0 bridgehead atoms. The lowest BCUT2D eigenvalue weighted by Gasteiger charge is -2.24. The molecule has 0 saturated carbocycles. The van der Waals surface area contributed by atoms with E-state index >= 15 is 0 Å². The van der Waals surface area contributed by atoms with E-state index < -0.39 is 0 Å². The summed E-state index contributed by atoms with van der Waals surface area (Å²) in [7, 11) is 0. The standard InChI is InChI=1S/C26H19Cl2N5O/c27-20-13-10-19(11-14-20)23-16-22(18-7-2-1-3-8-18)29-26-31-25(32-33(23)26)30-24(34)15-12-17-6-4-5-9-21(17)28/h1-16,23H,(H2,29,30,31,32,34)/b15-12+/t23-/m0/s1. The van der Waals surface area contributed by atoms with E-state index in [1.807, 2.05) is 72.8 Å². The Morgan fingerprint density at radius 1 is 0.971 bits per heavy atom. The molecule has 2 N–H and O–H groups in total. The van der Waals surface area contributed by atoms with E-state index in [9.17, 15) is 4.79 Å². The SMILES string of the molecule is O=C(/C=C/c1ccccc1Cl)Nc1nc2n(n1)[C@H](c1ccc(Cl)cc1)C=C(c1ccccc1)N2. The molecule has 6 nitrogen and oxygen atoms in total. The Bertz CT molecular complexity index is 1390. The molecule has 1 aliphatic rings. The lowest BCUT2D eigenvalue weighted by molar-refractivity contribution is -0.111. The Kier molecular flexibility index (Phi) is 6.16. The lowest BCUT2D eigenvalue weighted by Crippen LogP contribution is -2.20. The zero-order valence-corrected chi connectivity index (χ0v) is 19.3. The molecule has 5 rings (SSSR count). The molecule has 1 aromatic heterocycles. The second kappa shape index (κ2) is 9.55. The number of carbonyl (C=O) groups is 1. The Morgan fingerprint density at radius 3 is 2.47 bits per heavy atom. The summed E-state index contributed by atoms with van der Waals surface area (Å²) in [5.74, 6) is 0.354. The summed E-state index contributed by atoms with van der Waals surface area (Å²) in [6.45, 7) is 0. The highest BCUT2D eigenvalue weighted by Gasteiger charge is 2.25. The van der Waals surface area contributed by atoms with Crippen molar-refractivity contribution in [2.75, 3.05) is 10.6 Å². The van der Waals surface area contributed by atoms with Crippen molar-refractivity contribution in [3.63, 3.8) is 0 Å². The molecule has 2 heterocycles. The quantitative estimate of drug-likeness (QED) is 0.324. The van der Waals surface area contributed by atoms with Gasteiger partial charge in [0.2, 0.25) is 5.95 Å². The maximum absolute atomic E-state index is 12.5. The summed E-state index contributed by atoms with van der Waals surface area (Å²) >= 11 is 12.2. The highest BCUT2D eigenvalue weighted by atomic mass is 35.5. The van der Waals surface area contributed by atoms with Gasteiger partial charge in [-0.05, 0) is 47.0 Å². The van der Waals surface area contributed by atoms with E-state index in [1.165, 1.54) is 6.08 Å². The van der Waals surface area contributed by atoms with Gasteiger partial charge in [0.05, 0.1) is 0 Å². The molecule has 4 aromatic rings. The zero-order valence-electron chi connectivity index (χ0n) is 17.8. The molecule has 3 aromatic carbocycles. The summed E-state index contributed by atoms with van der Waals surface area (Å²) in [5, 5.41) is 11.8. The van der Waals surface area contributed by atoms with Crippen molar-refractivity contribution in [2.24, 2.45) is 0 Å². The number of fused-ring (bicyclic) bond motifs is 1. The van der Waals surface area contributed by atoms with Crippen molar-refractivity contribution in [1.29, 1.82) is 0 Å². The average molecular weight is 488 g/mol. The van der Waals surface area contributed by atoms with Crippen LogP contribution in [0.3, 0.4) is 0 Å². The molecule has 0 saturated heterocycles. The van der Waals surface area contributed by atoms with Crippen LogP contribution < -0.4 is 10.6 Å². The van der Waals surface area contributed by atoms with E-state index in [0.717, 1.165) is 22.4 Å². The van der Waals surface area contributed by atoms with E-state index in [4.69, 9.17) is 23.2 Å². The number of carbonyl (C=O) groups excluding carboxylic acids is 1. The number of nitrogens with zero attached hydrogens (tertiary/aromatic N) is 3. The largest absolute Gasteiger partial charge is 0.324 e. The van der Waals surface area contributed by atoms with Gasteiger partial charge in [-0.2, -0.15) is 4.98 Å². The van der Waals surface area contributed by atoms with E-state index in [1.54, 1.807) is 16.8 Å². The first-order valence-corrected chi connectivity index (χ1v) is 11.3. The molecule has 0 fully saturated rings. The summed E-state index contributed by atoms with van der Waals surface area (Å²) < 4.78 is 1.74. The highest BCUT2D eigenvalue weighted by Crippen LogP contribution is 2.33. The molecule has 1 aliphatic heterocycles.